The highest BCUT2D eigenvalue weighted by Crippen LogP contribution is 2.21. The third-order valence-corrected chi connectivity index (χ3v) is 6.28. The molecule has 8 heteroatoms. The second kappa shape index (κ2) is 10.4. The molecule has 7 nitrogen and oxygen atoms in total. The molecule has 1 fully saturated rings. The fourth-order valence-corrected chi connectivity index (χ4v) is 4.21. The molecule has 0 spiro atoms. The van der Waals surface area contributed by atoms with Gasteiger partial charge in [-0.05, 0) is 37.8 Å². The number of amides is 2. The molecule has 2 N–H and O–H groups in total. The lowest BCUT2D eigenvalue weighted by molar-refractivity contribution is -0.131. The SMILES string of the molecule is CCCNC(=O)[C@@H](C)NC(=O)C1CCN(S(=O)(=O)/C=C/c2ccccc2)CC1. The molecule has 28 heavy (non-hydrogen) atoms. The van der Waals surface area contributed by atoms with Crippen LogP contribution in [0, 0.1) is 5.92 Å². The third kappa shape index (κ3) is 6.45. The monoisotopic (exact) mass is 407 g/mol. The summed E-state index contributed by atoms with van der Waals surface area (Å²) in [5.74, 6) is -0.691. The van der Waals surface area contributed by atoms with E-state index in [4.69, 9.17) is 0 Å². The molecule has 154 valence electrons. The first-order valence-corrected chi connectivity index (χ1v) is 11.1. The van der Waals surface area contributed by atoms with Crippen molar-refractivity contribution in [1.82, 2.24) is 14.9 Å². The second-order valence-corrected chi connectivity index (χ2v) is 8.77. The molecule has 1 aliphatic heterocycles. The molecule has 1 atom stereocenters. The maximum Gasteiger partial charge on any atom is 0.242 e. The van der Waals surface area contributed by atoms with E-state index >= 15 is 0 Å². The molecule has 0 unspecified atom stereocenters. The van der Waals surface area contributed by atoms with Crippen molar-refractivity contribution in [2.24, 2.45) is 5.92 Å². The Morgan fingerprint density at radius 1 is 1.21 bits per heavy atom. The van der Waals surface area contributed by atoms with Gasteiger partial charge in [-0.15, -0.1) is 0 Å². The predicted molar refractivity (Wildman–Crippen MR) is 110 cm³/mol. The first kappa shape index (κ1) is 22.1. The van der Waals surface area contributed by atoms with Gasteiger partial charge in [0.2, 0.25) is 21.8 Å². The van der Waals surface area contributed by atoms with E-state index in [1.807, 2.05) is 37.3 Å². The minimum Gasteiger partial charge on any atom is -0.354 e. The standard InChI is InChI=1S/C20H29N3O4S/c1-3-12-21-19(24)16(2)22-20(25)18-9-13-23(14-10-18)28(26,27)15-11-17-7-5-4-6-8-17/h4-8,11,15-16,18H,3,9-10,12-14H2,1-2H3,(H,21,24)(H,22,25)/b15-11+/t16-/m1/s1. The van der Waals surface area contributed by atoms with E-state index in [1.54, 1.807) is 13.0 Å². The van der Waals surface area contributed by atoms with E-state index in [-0.39, 0.29) is 30.8 Å². The lowest BCUT2D eigenvalue weighted by atomic mass is 9.97. The quantitative estimate of drug-likeness (QED) is 0.686. The van der Waals surface area contributed by atoms with E-state index < -0.39 is 16.1 Å². The van der Waals surface area contributed by atoms with Crippen molar-refractivity contribution >= 4 is 27.9 Å². The second-order valence-electron chi connectivity index (χ2n) is 6.95. The maximum absolute atomic E-state index is 12.5. The maximum atomic E-state index is 12.5. The molecule has 2 rings (SSSR count). The van der Waals surface area contributed by atoms with Crippen LogP contribution < -0.4 is 10.6 Å². The minimum absolute atomic E-state index is 0.198. The summed E-state index contributed by atoms with van der Waals surface area (Å²) in [7, 11) is -3.52. The Balaban J connectivity index is 1.85. The van der Waals surface area contributed by atoms with Gasteiger partial charge >= 0.3 is 0 Å². The van der Waals surface area contributed by atoms with Crippen molar-refractivity contribution in [1.29, 1.82) is 0 Å². The van der Waals surface area contributed by atoms with Crippen LogP contribution in [0.15, 0.2) is 35.7 Å². The molecule has 0 saturated carbocycles. The van der Waals surface area contributed by atoms with Crippen molar-refractivity contribution in [3.63, 3.8) is 0 Å². The number of rotatable bonds is 8. The Morgan fingerprint density at radius 3 is 2.46 bits per heavy atom. The van der Waals surface area contributed by atoms with E-state index in [0.29, 0.717) is 19.4 Å². The van der Waals surface area contributed by atoms with Crippen LogP contribution in [-0.2, 0) is 19.6 Å². The molecule has 0 radical (unpaired) electrons. The van der Waals surface area contributed by atoms with Crippen LogP contribution in [0.5, 0.6) is 0 Å². The van der Waals surface area contributed by atoms with Gasteiger partial charge in [0.25, 0.3) is 0 Å². The Labute approximate surface area is 167 Å². The predicted octanol–water partition coefficient (Wildman–Crippen LogP) is 1.73. The fraction of sp³-hybridized carbons (Fsp3) is 0.500. The van der Waals surface area contributed by atoms with E-state index in [1.165, 1.54) is 9.71 Å². The number of sulfonamides is 1. The van der Waals surface area contributed by atoms with Crippen LogP contribution in [-0.4, -0.2) is 50.2 Å². The summed E-state index contributed by atoms with van der Waals surface area (Å²) in [4.78, 5) is 24.3. The van der Waals surface area contributed by atoms with E-state index in [0.717, 1.165) is 12.0 Å². The van der Waals surface area contributed by atoms with Gasteiger partial charge in [-0.3, -0.25) is 9.59 Å². The molecule has 0 bridgehead atoms. The highest BCUT2D eigenvalue weighted by molar-refractivity contribution is 7.92. The highest BCUT2D eigenvalue weighted by atomic mass is 32.2. The Kier molecular flexibility index (Phi) is 8.19. The largest absolute Gasteiger partial charge is 0.354 e. The van der Waals surface area contributed by atoms with Crippen LogP contribution in [0.1, 0.15) is 38.7 Å². The molecule has 1 aromatic rings. The van der Waals surface area contributed by atoms with Crippen molar-refractivity contribution in [3.05, 3.63) is 41.3 Å². The number of nitrogens with zero attached hydrogens (tertiary/aromatic N) is 1. The summed E-state index contributed by atoms with van der Waals surface area (Å²) in [5.41, 5.74) is 0.815. The van der Waals surface area contributed by atoms with Crippen molar-refractivity contribution < 1.29 is 18.0 Å². The van der Waals surface area contributed by atoms with Gasteiger partial charge in [0, 0.05) is 31.0 Å². The normalized spacial score (nSPS) is 17.4. The lowest BCUT2D eigenvalue weighted by Gasteiger charge is -2.30. The zero-order valence-corrected chi connectivity index (χ0v) is 17.2. The topological polar surface area (TPSA) is 95.6 Å². The van der Waals surface area contributed by atoms with Crippen LogP contribution in [0.2, 0.25) is 0 Å². The fourth-order valence-electron chi connectivity index (χ4n) is 2.99. The minimum atomic E-state index is -3.52. The van der Waals surface area contributed by atoms with Crippen LogP contribution in [0.25, 0.3) is 6.08 Å². The molecule has 1 heterocycles. The van der Waals surface area contributed by atoms with Crippen molar-refractivity contribution in [2.75, 3.05) is 19.6 Å². The molecule has 0 aliphatic carbocycles. The van der Waals surface area contributed by atoms with Gasteiger partial charge in [0.1, 0.15) is 6.04 Å². The van der Waals surface area contributed by atoms with Gasteiger partial charge < -0.3 is 10.6 Å². The number of hydrogen-bond donors (Lipinski definition) is 2. The molecule has 1 aromatic carbocycles. The summed E-state index contributed by atoms with van der Waals surface area (Å²) in [5, 5.41) is 6.68. The lowest BCUT2D eigenvalue weighted by Crippen LogP contribution is -2.49. The van der Waals surface area contributed by atoms with Gasteiger partial charge in [0.05, 0.1) is 0 Å². The molecular weight excluding hydrogens is 378 g/mol. The third-order valence-electron chi connectivity index (χ3n) is 4.72. The average molecular weight is 408 g/mol. The van der Waals surface area contributed by atoms with E-state index in [9.17, 15) is 18.0 Å². The zero-order valence-electron chi connectivity index (χ0n) is 16.4. The van der Waals surface area contributed by atoms with Gasteiger partial charge in [0.15, 0.2) is 0 Å². The summed E-state index contributed by atoms with van der Waals surface area (Å²) in [6.07, 6.45) is 3.28. The first-order chi connectivity index (χ1) is 13.3. The average Bonchev–Trinajstić information content (AvgIpc) is 2.71. The Bertz CT molecular complexity index is 785. The van der Waals surface area contributed by atoms with Crippen LogP contribution in [0.4, 0.5) is 0 Å². The Morgan fingerprint density at radius 2 is 1.86 bits per heavy atom. The molecule has 1 aliphatic rings. The first-order valence-electron chi connectivity index (χ1n) is 9.65. The summed E-state index contributed by atoms with van der Waals surface area (Å²) < 4.78 is 26.4. The number of carbonyl (C=O) groups excluding carboxylic acids is 2. The number of hydrogen-bond acceptors (Lipinski definition) is 4. The summed E-state index contributed by atoms with van der Waals surface area (Å²) >= 11 is 0. The molecule has 1 saturated heterocycles. The zero-order chi connectivity index (χ0) is 20.6. The molecule has 2 amide bonds. The number of piperidine rings is 1. The number of carbonyl (C=O) groups is 2. The summed E-state index contributed by atoms with van der Waals surface area (Å²) in [6.45, 7) is 4.76. The van der Waals surface area contributed by atoms with Gasteiger partial charge in [-0.2, -0.15) is 4.31 Å². The van der Waals surface area contributed by atoms with Crippen molar-refractivity contribution in [3.8, 4) is 0 Å². The van der Waals surface area contributed by atoms with E-state index in [2.05, 4.69) is 10.6 Å². The Hall–Kier alpha value is -2.19. The molecular formula is C20H29N3O4S. The smallest absolute Gasteiger partial charge is 0.242 e. The highest BCUT2D eigenvalue weighted by Gasteiger charge is 2.31. The molecule has 0 aromatic heterocycles. The van der Waals surface area contributed by atoms with Crippen LogP contribution in [0.3, 0.4) is 0 Å². The van der Waals surface area contributed by atoms with Gasteiger partial charge in [-0.1, -0.05) is 37.3 Å². The number of benzene rings is 1. The van der Waals surface area contributed by atoms with Crippen molar-refractivity contribution in [2.45, 2.75) is 39.2 Å². The summed E-state index contributed by atoms with van der Waals surface area (Å²) in [6, 6.07) is 8.63. The van der Waals surface area contributed by atoms with Gasteiger partial charge in [-0.25, -0.2) is 8.42 Å². The van der Waals surface area contributed by atoms with Crippen LogP contribution >= 0.6 is 0 Å². The number of nitrogens with one attached hydrogen (secondary N) is 2.